The Hall–Kier alpha value is -1.32. The lowest BCUT2D eigenvalue weighted by Gasteiger charge is -2.09. The van der Waals surface area contributed by atoms with Gasteiger partial charge in [0.05, 0.1) is 17.0 Å². The Kier molecular flexibility index (Phi) is 3.04. The smallest absolute Gasteiger partial charge is 0.106 e. The van der Waals surface area contributed by atoms with Crippen molar-refractivity contribution in [2.24, 2.45) is 0 Å². The van der Waals surface area contributed by atoms with Crippen LogP contribution in [-0.2, 0) is 6.42 Å². The van der Waals surface area contributed by atoms with Crippen LogP contribution in [0.25, 0.3) is 0 Å². The molecule has 0 fully saturated rings. The second kappa shape index (κ2) is 4.47. The highest BCUT2D eigenvalue weighted by atomic mass is 35.5. The van der Waals surface area contributed by atoms with Crippen molar-refractivity contribution in [3.8, 4) is 0 Å². The molecule has 0 bridgehead atoms. The minimum Gasteiger partial charge on any atom is -0.469 e. The molecule has 78 valence electrons. The zero-order chi connectivity index (χ0) is 10.7. The van der Waals surface area contributed by atoms with Gasteiger partial charge in [-0.15, -0.1) is 0 Å². The maximum atomic E-state index is 9.87. The van der Waals surface area contributed by atoms with E-state index >= 15 is 0 Å². The van der Waals surface area contributed by atoms with Crippen molar-refractivity contribution in [3.63, 3.8) is 0 Å². The summed E-state index contributed by atoms with van der Waals surface area (Å²) in [5.74, 6) is 0.712. The largest absolute Gasteiger partial charge is 0.469 e. The maximum Gasteiger partial charge on any atom is 0.106 e. The SMILES string of the molecule is OC(Cc1ccco1)c1ncccc1Cl. The molecule has 0 aromatic carbocycles. The molecule has 2 aromatic heterocycles. The molecule has 2 rings (SSSR count). The van der Waals surface area contributed by atoms with Crippen LogP contribution in [0.15, 0.2) is 41.1 Å². The summed E-state index contributed by atoms with van der Waals surface area (Å²) in [5.41, 5.74) is 0.482. The third-order valence-electron chi connectivity index (χ3n) is 2.08. The monoisotopic (exact) mass is 223 g/mol. The minimum atomic E-state index is -0.732. The van der Waals surface area contributed by atoms with Crippen molar-refractivity contribution in [3.05, 3.63) is 53.2 Å². The van der Waals surface area contributed by atoms with Gasteiger partial charge in [-0.1, -0.05) is 11.6 Å². The molecule has 0 spiro atoms. The molecular formula is C11H10ClNO2. The summed E-state index contributed by atoms with van der Waals surface area (Å²) < 4.78 is 5.13. The van der Waals surface area contributed by atoms with Crippen molar-refractivity contribution >= 4 is 11.6 Å². The zero-order valence-corrected chi connectivity index (χ0v) is 8.69. The van der Waals surface area contributed by atoms with Crippen LogP contribution < -0.4 is 0 Å². The van der Waals surface area contributed by atoms with Gasteiger partial charge in [0, 0.05) is 12.6 Å². The van der Waals surface area contributed by atoms with Gasteiger partial charge in [-0.2, -0.15) is 0 Å². The van der Waals surface area contributed by atoms with E-state index in [1.807, 2.05) is 0 Å². The van der Waals surface area contributed by atoms with Gasteiger partial charge in [0.1, 0.15) is 11.9 Å². The van der Waals surface area contributed by atoms with E-state index in [-0.39, 0.29) is 0 Å². The van der Waals surface area contributed by atoms with E-state index < -0.39 is 6.10 Å². The number of halogens is 1. The number of rotatable bonds is 3. The van der Waals surface area contributed by atoms with Crippen LogP contribution in [0.5, 0.6) is 0 Å². The predicted octanol–water partition coefficient (Wildman–Crippen LogP) is 2.60. The number of pyridine rings is 1. The van der Waals surface area contributed by atoms with Crippen LogP contribution >= 0.6 is 11.6 Å². The summed E-state index contributed by atoms with van der Waals surface area (Å²) in [6.45, 7) is 0. The Labute approximate surface area is 92.3 Å². The van der Waals surface area contributed by atoms with Gasteiger partial charge in [0.2, 0.25) is 0 Å². The quantitative estimate of drug-likeness (QED) is 0.870. The standard InChI is InChI=1S/C11H10ClNO2/c12-9-4-1-5-13-11(9)10(14)7-8-3-2-6-15-8/h1-6,10,14H,7H2. The minimum absolute atomic E-state index is 0.379. The van der Waals surface area contributed by atoms with E-state index in [1.165, 1.54) is 0 Å². The van der Waals surface area contributed by atoms with Crippen LogP contribution in [0.4, 0.5) is 0 Å². The lowest BCUT2D eigenvalue weighted by molar-refractivity contribution is 0.166. The normalized spacial score (nSPS) is 12.7. The first-order valence-electron chi connectivity index (χ1n) is 4.58. The number of hydrogen-bond acceptors (Lipinski definition) is 3. The van der Waals surface area contributed by atoms with Gasteiger partial charge in [-0.05, 0) is 24.3 Å². The molecule has 1 N–H and O–H groups in total. The van der Waals surface area contributed by atoms with Crippen molar-refractivity contribution in [2.45, 2.75) is 12.5 Å². The molecule has 0 aliphatic heterocycles. The lowest BCUT2D eigenvalue weighted by atomic mass is 10.1. The van der Waals surface area contributed by atoms with Crippen LogP contribution in [0.1, 0.15) is 17.6 Å². The second-order valence-corrected chi connectivity index (χ2v) is 3.58. The van der Waals surface area contributed by atoms with Gasteiger partial charge >= 0.3 is 0 Å². The highest BCUT2D eigenvalue weighted by Crippen LogP contribution is 2.23. The highest BCUT2D eigenvalue weighted by Gasteiger charge is 2.14. The van der Waals surface area contributed by atoms with Crippen molar-refractivity contribution in [2.75, 3.05) is 0 Å². The van der Waals surface area contributed by atoms with Gasteiger partial charge in [-0.3, -0.25) is 4.98 Å². The van der Waals surface area contributed by atoms with Crippen molar-refractivity contribution < 1.29 is 9.52 Å². The average molecular weight is 224 g/mol. The van der Waals surface area contributed by atoms with E-state index in [2.05, 4.69) is 4.98 Å². The molecule has 3 nitrogen and oxygen atoms in total. The number of hydrogen-bond donors (Lipinski definition) is 1. The van der Waals surface area contributed by atoms with Gasteiger partial charge in [0.25, 0.3) is 0 Å². The molecule has 1 atom stereocenters. The summed E-state index contributed by atoms with van der Waals surface area (Å²) in [4.78, 5) is 4.04. The van der Waals surface area contributed by atoms with Crippen molar-refractivity contribution in [1.82, 2.24) is 4.98 Å². The molecule has 4 heteroatoms. The fourth-order valence-electron chi connectivity index (χ4n) is 1.36. The molecule has 0 aliphatic rings. The van der Waals surface area contributed by atoms with Gasteiger partial charge < -0.3 is 9.52 Å². The lowest BCUT2D eigenvalue weighted by Crippen LogP contribution is -2.04. The molecule has 0 radical (unpaired) electrons. The predicted molar refractivity (Wildman–Crippen MR) is 56.6 cm³/mol. The number of aromatic nitrogens is 1. The highest BCUT2D eigenvalue weighted by molar-refractivity contribution is 6.31. The molecule has 1 unspecified atom stereocenters. The number of aliphatic hydroxyl groups excluding tert-OH is 1. The Morgan fingerprint density at radius 2 is 2.27 bits per heavy atom. The Morgan fingerprint density at radius 3 is 2.93 bits per heavy atom. The summed E-state index contributed by atoms with van der Waals surface area (Å²) in [6, 6.07) is 7.02. The Morgan fingerprint density at radius 1 is 1.40 bits per heavy atom. The maximum absolute atomic E-state index is 9.87. The van der Waals surface area contributed by atoms with Gasteiger partial charge in [-0.25, -0.2) is 0 Å². The van der Waals surface area contributed by atoms with Crippen LogP contribution in [-0.4, -0.2) is 10.1 Å². The summed E-state index contributed by atoms with van der Waals surface area (Å²) in [7, 11) is 0. The third kappa shape index (κ3) is 2.37. The number of nitrogens with zero attached hydrogens (tertiary/aromatic N) is 1. The first kappa shape index (κ1) is 10.2. The fraction of sp³-hybridized carbons (Fsp3) is 0.182. The third-order valence-corrected chi connectivity index (χ3v) is 2.40. The Balaban J connectivity index is 2.15. The number of furan rings is 1. The van der Waals surface area contributed by atoms with E-state index in [0.29, 0.717) is 22.9 Å². The molecule has 2 heterocycles. The fourth-order valence-corrected chi connectivity index (χ4v) is 1.61. The molecular weight excluding hydrogens is 214 g/mol. The Bertz CT molecular complexity index is 428. The van der Waals surface area contributed by atoms with Crippen LogP contribution in [0, 0.1) is 0 Å². The average Bonchev–Trinajstić information content (AvgIpc) is 2.71. The topological polar surface area (TPSA) is 46.3 Å². The summed E-state index contributed by atoms with van der Waals surface area (Å²) in [6.07, 6.45) is 2.82. The summed E-state index contributed by atoms with van der Waals surface area (Å²) in [5, 5.41) is 10.3. The molecule has 2 aromatic rings. The first-order valence-corrected chi connectivity index (χ1v) is 4.96. The van der Waals surface area contributed by atoms with E-state index in [0.717, 1.165) is 0 Å². The van der Waals surface area contributed by atoms with E-state index in [4.69, 9.17) is 16.0 Å². The van der Waals surface area contributed by atoms with E-state index in [9.17, 15) is 5.11 Å². The first-order chi connectivity index (χ1) is 7.27. The van der Waals surface area contributed by atoms with Crippen LogP contribution in [0.2, 0.25) is 5.02 Å². The molecule has 0 saturated carbocycles. The van der Waals surface area contributed by atoms with E-state index in [1.54, 1.807) is 36.7 Å². The zero-order valence-electron chi connectivity index (χ0n) is 7.93. The number of aliphatic hydroxyl groups is 1. The molecule has 0 aliphatic carbocycles. The second-order valence-electron chi connectivity index (χ2n) is 3.17. The van der Waals surface area contributed by atoms with Crippen LogP contribution in [0.3, 0.4) is 0 Å². The van der Waals surface area contributed by atoms with Crippen molar-refractivity contribution in [1.29, 1.82) is 0 Å². The summed E-state index contributed by atoms with van der Waals surface area (Å²) >= 11 is 5.91. The molecule has 0 amide bonds. The molecule has 15 heavy (non-hydrogen) atoms. The van der Waals surface area contributed by atoms with Gasteiger partial charge in [0.15, 0.2) is 0 Å². The molecule has 0 saturated heterocycles.